The standard InChI is InChI=1S/C12H16N4O/c1-12(2)8-16(3-4-17-12)11-9(6-13)5-10(14)7-15-11/h5,7H,3-4,8,14H2,1-2H3. The first kappa shape index (κ1) is 11.7. The lowest BCUT2D eigenvalue weighted by Crippen LogP contribution is -2.48. The van der Waals surface area contributed by atoms with Gasteiger partial charge < -0.3 is 15.4 Å². The SMILES string of the molecule is CC1(C)CN(c2ncc(N)cc2C#N)CCO1. The fraction of sp³-hybridized carbons (Fsp3) is 0.500. The summed E-state index contributed by atoms with van der Waals surface area (Å²) in [6.07, 6.45) is 1.58. The first-order chi connectivity index (χ1) is 8.02. The second kappa shape index (κ2) is 4.22. The molecule has 1 aliphatic heterocycles. The molecule has 2 rings (SSSR count). The van der Waals surface area contributed by atoms with E-state index in [4.69, 9.17) is 15.7 Å². The van der Waals surface area contributed by atoms with Crippen LogP contribution in [0.4, 0.5) is 11.5 Å². The van der Waals surface area contributed by atoms with E-state index in [1.54, 1.807) is 12.3 Å². The third kappa shape index (κ3) is 2.48. The van der Waals surface area contributed by atoms with E-state index in [2.05, 4.69) is 16.0 Å². The van der Waals surface area contributed by atoms with Crippen LogP contribution in [0.1, 0.15) is 19.4 Å². The van der Waals surface area contributed by atoms with Crippen LogP contribution in [0.25, 0.3) is 0 Å². The number of nitrogens with two attached hydrogens (primary N) is 1. The zero-order valence-corrected chi connectivity index (χ0v) is 10.1. The maximum Gasteiger partial charge on any atom is 0.146 e. The third-order valence-corrected chi connectivity index (χ3v) is 2.73. The number of nitrogen functional groups attached to an aromatic ring is 1. The minimum atomic E-state index is -0.214. The normalized spacial score (nSPS) is 18.8. The van der Waals surface area contributed by atoms with Gasteiger partial charge in [-0.15, -0.1) is 0 Å². The van der Waals surface area contributed by atoms with Gasteiger partial charge in [0.05, 0.1) is 29.7 Å². The van der Waals surface area contributed by atoms with Crippen molar-refractivity contribution in [3.8, 4) is 6.07 Å². The van der Waals surface area contributed by atoms with Crippen LogP contribution in [0.2, 0.25) is 0 Å². The summed E-state index contributed by atoms with van der Waals surface area (Å²) in [6.45, 7) is 6.17. The molecule has 0 saturated carbocycles. The van der Waals surface area contributed by atoms with Gasteiger partial charge in [0.2, 0.25) is 0 Å². The molecule has 90 valence electrons. The Morgan fingerprint density at radius 2 is 2.35 bits per heavy atom. The van der Waals surface area contributed by atoms with Crippen LogP contribution >= 0.6 is 0 Å². The van der Waals surface area contributed by atoms with Gasteiger partial charge in [-0.2, -0.15) is 5.26 Å². The predicted molar refractivity (Wildman–Crippen MR) is 65.6 cm³/mol. The molecule has 0 amide bonds. The predicted octanol–water partition coefficient (Wildman–Crippen LogP) is 1.15. The molecule has 5 heteroatoms. The van der Waals surface area contributed by atoms with Crippen LogP contribution in [0.15, 0.2) is 12.3 Å². The highest BCUT2D eigenvalue weighted by molar-refractivity contribution is 5.59. The summed E-state index contributed by atoms with van der Waals surface area (Å²) >= 11 is 0. The molecule has 0 atom stereocenters. The fourth-order valence-electron chi connectivity index (χ4n) is 2.01. The second-order valence-corrected chi connectivity index (χ2v) is 4.78. The van der Waals surface area contributed by atoms with E-state index in [1.807, 2.05) is 13.8 Å². The first-order valence-corrected chi connectivity index (χ1v) is 5.56. The molecule has 0 unspecified atom stereocenters. The molecule has 2 heterocycles. The Hall–Kier alpha value is -1.80. The molecule has 0 aliphatic carbocycles. The van der Waals surface area contributed by atoms with E-state index in [9.17, 15) is 0 Å². The number of nitrogens with zero attached hydrogens (tertiary/aromatic N) is 3. The smallest absolute Gasteiger partial charge is 0.146 e. The largest absolute Gasteiger partial charge is 0.397 e. The summed E-state index contributed by atoms with van der Waals surface area (Å²) in [4.78, 5) is 6.33. The minimum absolute atomic E-state index is 0.214. The van der Waals surface area contributed by atoms with Crippen molar-refractivity contribution in [2.75, 3.05) is 30.3 Å². The van der Waals surface area contributed by atoms with Crippen molar-refractivity contribution in [1.29, 1.82) is 5.26 Å². The number of pyridine rings is 1. The van der Waals surface area contributed by atoms with Gasteiger partial charge in [-0.05, 0) is 19.9 Å². The Labute approximate surface area is 101 Å². The van der Waals surface area contributed by atoms with Crippen LogP contribution in [-0.2, 0) is 4.74 Å². The number of aromatic nitrogens is 1. The Kier molecular flexibility index (Phi) is 2.90. The van der Waals surface area contributed by atoms with Gasteiger partial charge in [0.25, 0.3) is 0 Å². The van der Waals surface area contributed by atoms with E-state index in [-0.39, 0.29) is 5.60 Å². The number of hydrogen-bond donors (Lipinski definition) is 1. The molecule has 0 aromatic carbocycles. The van der Waals surface area contributed by atoms with E-state index in [0.717, 1.165) is 13.1 Å². The van der Waals surface area contributed by atoms with Crippen molar-refractivity contribution >= 4 is 11.5 Å². The molecule has 17 heavy (non-hydrogen) atoms. The summed E-state index contributed by atoms with van der Waals surface area (Å²) in [7, 11) is 0. The molecular weight excluding hydrogens is 216 g/mol. The van der Waals surface area contributed by atoms with E-state index in [1.165, 1.54) is 0 Å². The molecule has 1 aromatic rings. The number of morpholine rings is 1. The van der Waals surface area contributed by atoms with Gasteiger partial charge in [0.1, 0.15) is 11.9 Å². The van der Waals surface area contributed by atoms with Gasteiger partial charge in [0, 0.05) is 13.1 Å². The topological polar surface area (TPSA) is 75.2 Å². The van der Waals surface area contributed by atoms with Crippen molar-refractivity contribution in [1.82, 2.24) is 4.98 Å². The van der Waals surface area contributed by atoms with Crippen LogP contribution in [0.5, 0.6) is 0 Å². The molecule has 1 aromatic heterocycles. The van der Waals surface area contributed by atoms with E-state index in [0.29, 0.717) is 23.7 Å². The van der Waals surface area contributed by atoms with Crippen LogP contribution in [-0.4, -0.2) is 30.3 Å². The Balaban J connectivity index is 2.31. The number of anilines is 2. The molecule has 0 radical (unpaired) electrons. The summed E-state index contributed by atoms with van der Waals surface area (Å²) in [5, 5.41) is 9.10. The maximum atomic E-state index is 9.10. The first-order valence-electron chi connectivity index (χ1n) is 5.56. The third-order valence-electron chi connectivity index (χ3n) is 2.73. The number of rotatable bonds is 1. The highest BCUT2D eigenvalue weighted by atomic mass is 16.5. The number of nitriles is 1. The highest BCUT2D eigenvalue weighted by Crippen LogP contribution is 2.24. The Morgan fingerprint density at radius 3 is 3.00 bits per heavy atom. The molecule has 5 nitrogen and oxygen atoms in total. The van der Waals surface area contributed by atoms with Gasteiger partial charge in [-0.25, -0.2) is 4.98 Å². The molecule has 1 fully saturated rings. The molecule has 2 N–H and O–H groups in total. The average molecular weight is 232 g/mol. The van der Waals surface area contributed by atoms with Crippen molar-refractivity contribution in [3.05, 3.63) is 17.8 Å². The van der Waals surface area contributed by atoms with Gasteiger partial charge in [-0.1, -0.05) is 0 Å². The fourth-order valence-corrected chi connectivity index (χ4v) is 2.01. The highest BCUT2D eigenvalue weighted by Gasteiger charge is 2.29. The summed E-state index contributed by atoms with van der Waals surface area (Å²) in [5.74, 6) is 0.693. The average Bonchev–Trinajstić information content (AvgIpc) is 2.27. The summed E-state index contributed by atoms with van der Waals surface area (Å²) < 4.78 is 5.64. The lowest BCUT2D eigenvalue weighted by atomic mass is 10.1. The van der Waals surface area contributed by atoms with Crippen LogP contribution in [0.3, 0.4) is 0 Å². The summed E-state index contributed by atoms with van der Waals surface area (Å²) in [5.41, 5.74) is 6.44. The van der Waals surface area contributed by atoms with Crippen LogP contribution < -0.4 is 10.6 Å². The van der Waals surface area contributed by atoms with Crippen molar-refractivity contribution in [2.24, 2.45) is 0 Å². The molecule has 0 bridgehead atoms. The number of hydrogen-bond acceptors (Lipinski definition) is 5. The minimum Gasteiger partial charge on any atom is -0.397 e. The molecular formula is C12H16N4O. The second-order valence-electron chi connectivity index (χ2n) is 4.78. The Morgan fingerprint density at radius 1 is 1.59 bits per heavy atom. The Bertz CT molecular complexity index is 464. The maximum absolute atomic E-state index is 9.10. The quantitative estimate of drug-likeness (QED) is 0.786. The lowest BCUT2D eigenvalue weighted by molar-refractivity contribution is -0.0279. The van der Waals surface area contributed by atoms with E-state index >= 15 is 0 Å². The summed E-state index contributed by atoms with van der Waals surface area (Å²) in [6, 6.07) is 3.79. The van der Waals surface area contributed by atoms with Crippen molar-refractivity contribution in [3.63, 3.8) is 0 Å². The zero-order valence-electron chi connectivity index (χ0n) is 10.1. The van der Waals surface area contributed by atoms with Gasteiger partial charge in [0.15, 0.2) is 0 Å². The van der Waals surface area contributed by atoms with Gasteiger partial charge >= 0.3 is 0 Å². The van der Waals surface area contributed by atoms with Crippen LogP contribution in [0, 0.1) is 11.3 Å². The molecule has 0 spiro atoms. The van der Waals surface area contributed by atoms with Gasteiger partial charge in [-0.3, -0.25) is 0 Å². The zero-order chi connectivity index (χ0) is 12.5. The van der Waals surface area contributed by atoms with Crippen molar-refractivity contribution in [2.45, 2.75) is 19.4 Å². The molecule has 1 aliphatic rings. The molecule has 1 saturated heterocycles. The lowest BCUT2D eigenvalue weighted by Gasteiger charge is -2.39. The number of ether oxygens (including phenoxy) is 1. The van der Waals surface area contributed by atoms with E-state index < -0.39 is 0 Å². The monoisotopic (exact) mass is 232 g/mol. The van der Waals surface area contributed by atoms with Crippen molar-refractivity contribution < 1.29 is 4.74 Å².